The van der Waals surface area contributed by atoms with E-state index >= 15 is 0 Å². The van der Waals surface area contributed by atoms with Crippen LogP contribution in [-0.2, 0) is 11.3 Å². The largest absolute Gasteiger partial charge is 0.481 e. The molecule has 2 rings (SSSR count). The summed E-state index contributed by atoms with van der Waals surface area (Å²) in [5, 5.41) is 9.01. The third kappa shape index (κ3) is 1.93. The van der Waals surface area contributed by atoms with Crippen molar-refractivity contribution in [2.45, 2.75) is 26.8 Å². The van der Waals surface area contributed by atoms with Gasteiger partial charge in [0.2, 0.25) is 5.71 Å². The van der Waals surface area contributed by atoms with Crippen molar-refractivity contribution in [3.8, 4) is 0 Å². The molecule has 1 N–H and O–H groups in total. The Balaban J connectivity index is 2.53. The van der Waals surface area contributed by atoms with Gasteiger partial charge in [0.1, 0.15) is 17.5 Å². The van der Waals surface area contributed by atoms with Crippen LogP contribution in [0.25, 0.3) is 11.1 Å². The second-order valence-corrected chi connectivity index (χ2v) is 3.85. The third-order valence-corrected chi connectivity index (χ3v) is 2.72. The number of aryl methyl sites for hydroxylation is 3. The number of furan rings is 1. The first-order valence-corrected chi connectivity index (χ1v) is 5.17. The molecule has 0 saturated heterocycles. The van der Waals surface area contributed by atoms with Crippen LogP contribution >= 0.6 is 0 Å². The first kappa shape index (κ1) is 11.4. The molecule has 17 heavy (non-hydrogen) atoms. The fourth-order valence-electron chi connectivity index (χ4n) is 1.65. The summed E-state index contributed by atoms with van der Waals surface area (Å²) in [6, 6.07) is 0. The Bertz CT molecular complexity index is 639. The van der Waals surface area contributed by atoms with Crippen LogP contribution in [0.4, 0.5) is 0 Å². The number of carbonyl (C=O) groups is 1. The van der Waals surface area contributed by atoms with E-state index in [0.717, 1.165) is 5.56 Å². The van der Waals surface area contributed by atoms with Crippen molar-refractivity contribution in [1.82, 2.24) is 9.55 Å². The normalized spacial score (nSPS) is 10.9. The third-order valence-electron chi connectivity index (χ3n) is 2.72. The van der Waals surface area contributed by atoms with Gasteiger partial charge < -0.3 is 9.52 Å². The SMILES string of the molecule is Cc1oc2ncn(CCC(=O)O)c(=O)c2c1C. The quantitative estimate of drug-likeness (QED) is 0.861. The zero-order valence-electron chi connectivity index (χ0n) is 9.56. The van der Waals surface area contributed by atoms with Crippen LogP contribution in [0, 0.1) is 13.8 Å². The van der Waals surface area contributed by atoms with Crippen LogP contribution in [0.1, 0.15) is 17.7 Å². The van der Waals surface area contributed by atoms with E-state index in [1.54, 1.807) is 13.8 Å². The van der Waals surface area contributed by atoms with Gasteiger partial charge in [0.25, 0.3) is 5.56 Å². The van der Waals surface area contributed by atoms with Gasteiger partial charge in [-0.15, -0.1) is 0 Å². The van der Waals surface area contributed by atoms with E-state index in [4.69, 9.17) is 9.52 Å². The van der Waals surface area contributed by atoms with Crippen molar-refractivity contribution in [3.05, 3.63) is 28.0 Å². The van der Waals surface area contributed by atoms with E-state index in [0.29, 0.717) is 16.9 Å². The molecule has 0 bridgehead atoms. The van der Waals surface area contributed by atoms with Gasteiger partial charge in [0.05, 0.1) is 6.42 Å². The molecular weight excluding hydrogens is 224 g/mol. The zero-order chi connectivity index (χ0) is 12.6. The highest BCUT2D eigenvalue weighted by molar-refractivity contribution is 5.77. The summed E-state index contributed by atoms with van der Waals surface area (Å²) in [6.45, 7) is 3.66. The lowest BCUT2D eigenvalue weighted by atomic mass is 10.2. The average molecular weight is 236 g/mol. The van der Waals surface area contributed by atoms with E-state index in [1.165, 1.54) is 10.9 Å². The molecule has 6 heteroatoms. The summed E-state index contributed by atoms with van der Waals surface area (Å²) in [5.74, 6) is -0.294. The van der Waals surface area contributed by atoms with Gasteiger partial charge in [-0.1, -0.05) is 0 Å². The lowest BCUT2D eigenvalue weighted by molar-refractivity contribution is -0.137. The van der Waals surface area contributed by atoms with Gasteiger partial charge in [-0.05, 0) is 13.8 Å². The lowest BCUT2D eigenvalue weighted by Crippen LogP contribution is -2.21. The second-order valence-electron chi connectivity index (χ2n) is 3.85. The topological polar surface area (TPSA) is 85.3 Å². The molecule has 0 amide bonds. The highest BCUT2D eigenvalue weighted by atomic mass is 16.4. The first-order valence-electron chi connectivity index (χ1n) is 5.17. The second kappa shape index (κ2) is 4.04. The van der Waals surface area contributed by atoms with Gasteiger partial charge in [-0.3, -0.25) is 14.2 Å². The van der Waals surface area contributed by atoms with Crippen molar-refractivity contribution in [3.63, 3.8) is 0 Å². The fraction of sp³-hybridized carbons (Fsp3) is 0.364. The minimum absolute atomic E-state index is 0.108. The highest BCUT2D eigenvalue weighted by Crippen LogP contribution is 2.18. The summed E-state index contributed by atoms with van der Waals surface area (Å²) in [4.78, 5) is 26.5. The van der Waals surface area contributed by atoms with Crippen molar-refractivity contribution < 1.29 is 14.3 Å². The zero-order valence-corrected chi connectivity index (χ0v) is 9.56. The molecule has 0 fully saturated rings. The summed E-state index contributed by atoms with van der Waals surface area (Å²) in [6.07, 6.45) is 1.21. The van der Waals surface area contributed by atoms with Crippen LogP contribution in [-0.4, -0.2) is 20.6 Å². The van der Waals surface area contributed by atoms with Crippen molar-refractivity contribution in [2.24, 2.45) is 0 Å². The lowest BCUT2D eigenvalue weighted by Gasteiger charge is -2.01. The first-order chi connectivity index (χ1) is 8.00. The van der Waals surface area contributed by atoms with Crippen LogP contribution in [0.15, 0.2) is 15.5 Å². The van der Waals surface area contributed by atoms with Crippen LogP contribution < -0.4 is 5.56 Å². The highest BCUT2D eigenvalue weighted by Gasteiger charge is 2.13. The minimum Gasteiger partial charge on any atom is -0.481 e. The number of carboxylic acids is 1. The van der Waals surface area contributed by atoms with Gasteiger partial charge >= 0.3 is 5.97 Å². The van der Waals surface area contributed by atoms with Gasteiger partial charge in [-0.25, -0.2) is 4.98 Å². The number of hydrogen-bond donors (Lipinski definition) is 1. The van der Waals surface area contributed by atoms with Crippen LogP contribution in [0.3, 0.4) is 0 Å². The molecule has 0 aliphatic heterocycles. The maximum absolute atomic E-state index is 12.0. The maximum Gasteiger partial charge on any atom is 0.305 e. The van der Waals surface area contributed by atoms with E-state index in [9.17, 15) is 9.59 Å². The summed E-state index contributed by atoms with van der Waals surface area (Å²) in [7, 11) is 0. The standard InChI is InChI=1S/C11H12N2O4/c1-6-7(2)17-10-9(6)11(16)13(5-12-10)4-3-8(14)15/h5H,3-4H2,1-2H3,(H,14,15). The average Bonchev–Trinajstić information content (AvgIpc) is 2.54. The van der Waals surface area contributed by atoms with Gasteiger partial charge in [0, 0.05) is 12.1 Å². The molecular formula is C11H12N2O4. The van der Waals surface area contributed by atoms with Crippen molar-refractivity contribution >= 4 is 17.1 Å². The molecule has 2 aromatic heterocycles. The molecule has 90 valence electrons. The Morgan fingerprint density at radius 3 is 2.88 bits per heavy atom. The van der Waals surface area contributed by atoms with Crippen LogP contribution in [0.2, 0.25) is 0 Å². The van der Waals surface area contributed by atoms with E-state index in [1.807, 2.05) is 0 Å². The van der Waals surface area contributed by atoms with Crippen LogP contribution in [0.5, 0.6) is 0 Å². The number of aliphatic carboxylic acids is 1. The Kier molecular flexibility index (Phi) is 2.71. The Labute approximate surface area is 96.5 Å². The number of nitrogens with zero attached hydrogens (tertiary/aromatic N) is 2. The van der Waals surface area contributed by atoms with Gasteiger partial charge in [0.15, 0.2) is 0 Å². The molecule has 6 nitrogen and oxygen atoms in total. The molecule has 0 radical (unpaired) electrons. The minimum atomic E-state index is -0.947. The van der Waals surface area contributed by atoms with E-state index in [-0.39, 0.29) is 18.5 Å². The molecule has 0 spiro atoms. The molecule has 2 aromatic rings. The predicted octanol–water partition coefficient (Wildman–Crippen LogP) is 1.08. The molecule has 0 aliphatic carbocycles. The molecule has 0 unspecified atom stereocenters. The monoisotopic (exact) mass is 236 g/mol. The number of rotatable bonds is 3. The number of fused-ring (bicyclic) bond motifs is 1. The predicted molar refractivity (Wildman–Crippen MR) is 60.0 cm³/mol. The molecule has 0 atom stereocenters. The Morgan fingerprint density at radius 1 is 1.53 bits per heavy atom. The number of aromatic nitrogens is 2. The van der Waals surface area contributed by atoms with E-state index < -0.39 is 5.97 Å². The number of hydrogen-bond acceptors (Lipinski definition) is 4. The number of carboxylic acid groups (broad SMARTS) is 1. The smallest absolute Gasteiger partial charge is 0.305 e. The van der Waals surface area contributed by atoms with Gasteiger partial charge in [-0.2, -0.15) is 0 Å². The Morgan fingerprint density at radius 2 is 2.24 bits per heavy atom. The molecule has 0 aliphatic rings. The maximum atomic E-state index is 12.0. The van der Waals surface area contributed by atoms with E-state index in [2.05, 4.69) is 4.98 Å². The molecule has 2 heterocycles. The summed E-state index contributed by atoms with van der Waals surface area (Å²) >= 11 is 0. The Hall–Kier alpha value is -2.11. The van der Waals surface area contributed by atoms with Crippen molar-refractivity contribution in [1.29, 1.82) is 0 Å². The summed E-state index contributed by atoms with van der Waals surface area (Å²) < 4.78 is 6.61. The fourth-order valence-corrected chi connectivity index (χ4v) is 1.65. The molecule has 0 aromatic carbocycles. The van der Waals surface area contributed by atoms with Crippen molar-refractivity contribution in [2.75, 3.05) is 0 Å². The summed E-state index contributed by atoms with van der Waals surface area (Å²) in [5.41, 5.74) is 0.796. The molecule has 0 saturated carbocycles.